The second kappa shape index (κ2) is 3.14. The number of hydrogen-bond donors (Lipinski definition) is 0. The zero-order valence-corrected chi connectivity index (χ0v) is 7.93. The first-order valence-electron chi connectivity index (χ1n) is 3.63. The van der Waals surface area contributed by atoms with Gasteiger partial charge in [-0.2, -0.15) is 0 Å². The van der Waals surface area contributed by atoms with Crippen molar-refractivity contribution >= 4 is 17.2 Å². The Kier molecular flexibility index (Phi) is 1.97. The van der Waals surface area contributed by atoms with Crippen LogP contribution in [-0.4, -0.2) is 24.7 Å². The normalized spacial score (nSPS) is 10.4. The van der Waals surface area contributed by atoms with Gasteiger partial charge in [0, 0.05) is 0 Å². The van der Waals surface area contributed by atoms with E-state index in [9.17, 15) is 10.1 Å². The maximum Gasteiger partial charge on any atom is 0.342 e. The molecule has 0 N–H and O–H groups in total. The van der Waals surface area contributed by atoms with Gasteiger partial charge < -0.3 is 10.1 Å². The molecule has 72 valence electrons. The molecule has 0 bridgehead atoms. The van der Waals surface area contributed by atoms with Gasteiger partial charge in [0.25, 0.3) is 5.82 Å². The number of rotatable bonds is 2. The van der Waals surface area contributed by atoms with E-state index < -0.39 is 4.92 Å². The van der Waals surface area contributed by atoms with E-state index in [-0.39, 0.29) is 5.82 Å². The maximum absolute atomic E-state index is 10.5. The Bertz CT molecular complexity index is 463. The standard InChI is InChI=1S/C6H5N5O2S/c1-10-4(11(12)13)2-7-5(10)6-9-8-3-14-6/h2-3H,1H3. The molecule has 0 amide bonds. The van der Waals surface area contributed by atoms with Crippen LogP contribution in [0.3, 0.4) is 0 Å². The maximum atomic E-state index is 10.5. The molecule has 2 aromatic rings. The summed E-state index contributed by atoms with van der Waals surface area (Å²) in [5.41, 5.74) is 1.55. The van der Waals surface area contributed by atoms with E-state index in [1.807, 2.05) is 0 Å². The van der Waals surface area contributed by atoms with Crippen LogP contribution in [0.4, 0.5) is 5.82 Å². The fourth-order valence-electron chi connectivity index (χ4n) is 1.04. The smallest absolute Gasteiger partial charge is 0.342 e. The summed E-state index contributed by atoms with van der Waals surface area (Å²) in [5, 5.41) is 18.5. The molecule has 8 heteroatoms. The zero-order chi connectivity index (χ0) is 10.1. The largest absolute Gasteiger partial charge is 0.358 e. The highest BCUT2D eigenvalue weighted by atomic mass is 32.1. The summed E-state index contributed by atoms with van der Waals surface area (Å²) in [6, 6.07) is 0. The molecular weight excluding hydrogens is 206 g/mol. The third-order valence-corrected chi connectivity index (χ3v) is 2.39. The van der Waals surface area contributed by atoms with Crippen molar-refractivity contribution in [3.63, 3.8) is 0 Å². The molecular formula is C6H5N5O2S. The molecule has 0 aromatic carbocycles. The van der Waals surface area contributed by atoms with Crippen molar-refractivity contribution in [1.29, 1.82) is 0 Å². The first-order valence-corrected chi connectivity index (χ1v) is 4.50. The van der Waals surface area contributed by atoms with Crippen LogP contribution in [0.2, 0.25) is 0 Å². The lowest BCUT2D eigenvalue weighted by atomic mass is 10.6. The Morgan fingerprint density at radius 3 is 2.93 bits per heavy atom. The average molecular weight is 211 g/mol. The summed E-state index contributed by atoms with van der Waals surface area (Å²) in [6.45, 7) is 0. The number of hydrogen-bond acceptors (Lipinski definition) is 6. The molecule has 0 atom stereocenters. The summed E-state index contributed by atoms with van der Waals surface area (Å²) < 4.78 is 1.38. The fraction of sp³-hybridized carbons (Fsp3) is 0.167. The Labute approximate surface area is 82.2 Å². The highest BCUT2D eigenvalue weighted by molar-refractivity contribution is 7.12. The second-order valence-electron chi connectivity index (χ2n) is 2.50. The fourth-order valence-corrected chi connectivity index (χ4v) is 1.62. The van der Waals surface area contributed by atoms with Gasteiger partial charge in [0.15, 0.2) is 0 Å². The van der Waals surface area contributed by atoms with Crippen molar-refractivity contribution in [3.05, 3.63) is 21.8 Å². The Balaban J connectivity index is 2.52. The summed E-state index contributed by atoms with van der Waals surface area (Å²) in [6.07, 6.45) is 1.21. The lowest BCUT2D eigenvalue weighted by Gasteiger charge is -1.94. The van der Waals surface area contributed by atoms with Crippen LogP contribution < -0.4 is 0 Å². The Morgan fingerprint density at radius 2 is 2.43 bits per heavy atom. The van der Waals surface area contributed by atoms with E-state index in [2.05, 4.69) is 15.2 Å². The number of nitrogens with zero attached hydrogens (tertiary/aromatic N) is 5. The topological polar surface area (TPSA) is 86.7 Å². The van der Waals surface area contributed by atoms with Crippen molar-refractivity contribution in [1.82, 2.24) is 19.7 Å². The van der Waals surface area contributed by atoms with E-state index >= 15 is 0 Å². The average Bonchev–Trinajstić information content (AvgIpc) is 2.71. The molecule has 7 nitrogen and oxygen atoms in total. The van der Waals surface area contributed by atoms with Gasteiger partial charge in [0.05, 0.1) is 7.05 Å². The predicted molar refractivity (Wildman–Crippen MR) is 48.8 cm³/mol. The van der Waals surface area contributed by atoms with Crippen LogP contribution in [0.15, 0.2) is 11.7 Å². The molecule has 0 fully saturated rings. The SMILES string of the molecule is Cn1c([N+](=O)[O-])cnc1-c1nncs1. The van der Waals surface area contributed by atoms with Gasteiger partial charge >= 0.3 is 5.82 Å². The van der Waals surface area contributed by atoms with Crippen LogP contribution in [0.5, 0.6) is 0 Å². The molecule has 14 heavy (non-hydrogen) atoms. The van der Waals surface area contributed by atoms with E-state index in [0.717, 1.165) is 0 Å². The van der Waals surface area contributed by atoms with Crippen LogP contribution in [0.1, 0.15) is 0 Å². The van der Waals surface area contributed by atoms with E-state index in [1.54, 1.807) is 12.6 Å². The van der Waals surface area contributed by atoms with Gasteiger partial charge in [-0.3, -0.25) is 0 Å². The van der Waals surface area contributed by atoms with Crippen molar-refractivity contribution in [2.24, 2.45) is 7.05 Å². The summed E-state index contributed by atoms with van der Waals surface area (Å²) in [7, 11) is 1.57. The third kappa shape index (κ3) is 1.25. The molecule has 0 aliphatic rings. The first kappa shape index (κ1) is 8.75. The van der Waals surface area contributed by atoms with Gasteiger partial charge in [-0.15, -0.1) is 10.2 Å². The minimum atomic E-state index is -0.489. The molecule has 2 heterocycles. The highest BCUT2D eigenvalue weighted by Gasteiger charge is 2.19. The molecule has 0 radical (unpaired) electrons. The lowest BCUT2D eigenvalue weighted by Crippen LogP contribution is -1.98. The van der Waals surface area contributed by atoms with Crippen molar-refractivity contribution < 1.29 is 4.92 Å². The molecule has 2 rings (SSSR count). The quantitative estimate of drug-likeness (QED) is 0.542. The van der Waals surface area contributed by atoms with Crippen LogP contribution >= 0.6 is 11.3 Å². The van der Waals surface area contributed by atoms with Gasteiger partial charge in [-0.05, 0) is 4.92 Å². The summed E-state index contributed by atoms with van der Waals surface area (Å²) in [4.78, 5) is 13.9. The van der Waals surface area contributed by atoms with Crippen LogP contribution in [0, 0.1) is 10.1 Å². The number of aromatic nitrogens is 4. The first-order chi connectivity index (χ1) is 6.70. The number of imidazole rings is 1. The number of nitro groups is 1. The minimum absolute atomic E-state index is 0.0600. The molecule has 0 aliphatic heterocycles. The van der Waals surface area contributed by atoms with Crippen molar-refractivity contribution in [2.45, 2.75) is 0 Å². The molecule has 0 saturated carbocycles. The molecule has 0 saturated heterocycles. The van der Waals surface area contributed by atoms with Gasteiger partial charge in [0.1, 0.15) is 11.7 Å². The Hall–Kier alpha value is -1.83. The lowest BCUT2D eigenvalue weighted by molar-refractivity contribution is -0.391. The molecule has 0 spiro atoms. The van der Waals surface area contributed by atoms with Crippen molar-refractivity contribution in [2.75, 3.05) is 0 Å². The zero-order valence-electron chi connectivity index (χ0n) is 7.12. The third-order valence-electron chi connectivity index (χ3n) is 1.70. The molecule has 0 aliphatic carbocycles. The van der Waals surface area contributed by atoms with E-state index in [4.69, 9.17) is 0 Å². The minimum Gasteiger partial charge on any atom is -0.358 e. The van der Waals surface area contributed by atoms with Crippen molar-refractivity contribution in [3.8, 4) is 10.8 Å². The monoisotopic (exact) mass is 211 g/mol. The summed E-state index contributed by atoms with van der Waals surface area (Å²) >= 11 is 1.29. The van der Waals surface area contributed by atoms with E-state index in [1.165, 1.54) is 22.1 Å². The summed E-state index contributed by atoms with van der Waals surface area (Å²) in [5.74, 6) is 0.398. The predicted octanol–water partition coefficient (Wildman–Crippen LogP) is 0.847. The van der Waals surface area contributed by atoms with Gasteiger partial charge in [-0.25, -0.2) is 9.55 Å². The molecule has 2 aromatic heterocycles. The Morgan fingerprint density at radius 1 is 1.64 bits per heavy atom. The van der Waals surface area contributed by atoms with Gasteiger partial charge in [0.2, 0.25) is 5.01 Å². The molecule has 0 unspecified atom stereocenters. The van der Waals surface area contributed by atoms with Crippen LogP contribution in [-0.2, 0) is 7.05 Å². The highest BCUT2D eigenvalue weighted by Crippen LogP contribution is 2.22. The second-order valence-corrected chi connectivity index (χ2v) is 3.33. The van der Waals surface area contributed by atoms with E-state index in [0.29, 0.717) is 10.8 Å². The van der Waals surface area contributed by atoms with Gasteiger partial charge in [-0.1, -0.05) is 11.3 Å². The van der Waals surface area contributed by atoms with Crippen LogP contribution in [0.25, 0.3) is 10.8 Å².